The fourth-order valence-corrected chi connectivity index (χ4v) is 2.28. The molecule has 0 aliphatic carbocycles. The van der Waals surface area contributed by atoms with E-state index in [-0.39, 0.29) is 5.82 Å². The van der Waals surface area contributed by atoms with Crippen LogP contribution < -0.4 is 5.32 Å². The Morgan fingerprint density at radius 3 is 2.65 bits per heavy atom. The van der Waals surface area contributed by atoms with Crippen molar-refractivity contribution in [2.45, 2.75) is 40.2 Å². The maximum Gasteiger partial charge on any atom is 0.129 e. The van der Waals surface area contributed by atoms with Crippen molar-refractivity contribution < 1.29 is 4.39 Å². The van der Waals surface area contributed by atoms with E-state index in [2.05, 4.69) is 30.3 Å². The van der Waals surface area contributed by atoms with Crippen LogP contribution in [0.15, 0.2) is 24.3 Å². The van der Waals surface area contributed by atoms with Gasteiger partial charge < -0.3 is 5.32 Å². The first-order valence-electron chi connectivity index (χ1n) is 7.27. The van der Waals surface area contributed by atoms with Gasteiger partial charge in [-0.15, -0.1) is 0 Å². The molecule has 0 amide bonds. The van der Waals surface area contributed by atoms with E-state index in [4.69, 9.17) is 0 Å². The molecule has 0 saturated carbocycles. The minimum absolute atomic E-state index is 0.181. The Hall–Kier alpha value is -1.68. The van der Waals surface area contributed by atoms with E-state index in [0.29, 0.717) is 12.1 Å². The Labute approximate surface area is 119 Å². The van der Waals surface area contributed by atoms with Gasteiger partial charge in [0.1, 0.15) is 5.82 Å². The van der Waals surface area contributed by atoms with Crippen molar-refractivity contribution in [2.75, 3.05) is 6.54 Å². The third kappa shape index (κ3) is 2.90. The van der Waals surface area contributed by atoms with Gasteiger partial charge in [0.15, 0.2) is 0 Å². The zero-order valence-corrected chi connectivity index (χ0v) is 12.4. The van der Waals surface area contributed by atoms with Gasteiger partial charge in [-0.25, -0.2) is 9.07 Å². The maximum atomic E-state index is 14.1. The summed E-state index contributed by atoms with van der Waals surface area (Å²) in [7, 11) is 0. The zero-order chi connectivity index (χ0) is 14.5. The molecule has 1 heterocycles. The molecule has 0 radical (unpaired) electrons. The van der Waals surface area contributed by atoms with Gasteiger partial charge in [-0.2, -0.15) is 5.10 Å². The number of aryl methyl sites for hydroxylation is 2. The van der Waals surface area contributed by atoms with Crippen LogP contribution in [0.1, 0.15) is 37.7 Å². The Bertz CT molecular complexity index is 575. The summed E-state index contributed by atoms with van der Waals surface area (Å²) >= 11 is 0. The molecule has 0 spiro atoms. The summed E-state index contributed by atoms with van der Waals surface area (Å²) in [6.45, 7) is 7.52. The quantitative estimate of drug-likeness (QED) is 0.877. The fourth-order valence-electron chi connectivity index (χ4n) is 2.28. The highest BCUT2D eigenvalue weighted by Crippen LogP contribution is 2.20. The number of rotatable bonds is 6. The molecule has 0 saturated heterocycles. The highest BCUT2D eigenvalue weighted by molar-refractivity contribution is 5.43. The molecule has 3 nitrogen and oxygen atoms in total. The van der Waals surface area contributed by atoms with Gasteiger partial charge in [-0.3, -0.25) is 0 Å². The fraction of sp³-hybridized carbons (Fsp3) is 0.438. The third-order valence-corrected chi connectivity index (χ3v) is 3.43. The van der Waals surface area contributed by atoms with E-state index in [0.717, 1.165) is 36.5 Å². The van der Waals surface area contributed by atoms with Crippen LogP contribution in [0, 0.1) is 5.82 Å². The SMILES string of the molecule is CCNCc1c(F)cccc1-n1nc(CC)cc1CC. The number of nitrogens with one attached hydrogen (secondary N) is 1. The van der Waals surface area contributed by atoms with Gasteiger partial charge in [-0.1, -0.05) is 26.8 Å². The third-order valence-electron chi connectivity index (χ3n) is 3.43. The van der Waals surface area contributed by atoms with Crippen LogP contribution in [-0.2, 0) is 19.4 Å². The first kappa shape index (κ1) is 14.7. The largest absolute Gasteiger partial charge is 0.313 e. The number of nitrogens with zero attached hydrogens (tertiary/aromatic N) is 2. The topological polar surface area (TPSA) is 29.9 Å². The van der Waals surface area contributed by atoms with Crippen LogP contribution in [0.5, 0.6) is 0 Å². The van der Waals surface area contributed by atoms with E-state index in [1.165, 1.54) is 6.07 Å². The molecule has 2 rings (SSSR count). The van der Waals surface area contributed by atoms with Crippen LogP contribution in [-0.4, -0.2) is 16.3 Å². The maximum absolute atomic E-state index is 14.1. The summed E-state index contributed by atoms with van der Waals surface area (Å²) in [6.07, 6.45) is 1.77. The molecule has 0 unspecified atom stereocenters. The summed E-state index contributed by atoms with van der Waals surface area (Å²) < 4.78 is 16.0. The molecule has 2 aromatic rings. The molecule has 0 aliphatic rings. The van der Waals surface area contributed by atoms with Crippen LogP contribution in [0.25, 0.3) is 5.69 Å². The molecule has 0 fully saturated rings. The Morgan fingerprint density at radius 1 is 1.20 bits per heavy atom. The number of hydrogen-bond donors (Lipinski definition) is 1. The molecule has 1 N–H and O–H groups in total. The van der Waals surface area contributed by atoms with Gasteiger partial charge in [0.25, 0.3) is 0 Å². The average molecular weight is 275 g/mol. The molecule has 108 valence electrons. The average Bonchev–Trinajstić information content (AvgIpc) is 2.89. The van der Waals surface area contributed by atoms with Crippen molar-refractivity contribution in [1.29, 1.82) is 0 Å². The zero-order valence-electron chi connectivity index (χ0n) is 12.4. The monoisotopic (exact) mass is 275 g/mol. The van der Waals surface area contributed by atoms with Crippen molar-refractivity contribution in [3.05, 3.63) is 47.0 Å². The molecule has 20 heavy (non-hydrogen) atoms. The number of aromatic nitrogens is 2. The molecule has 1 aromatic carbocycles. The van der Waals surface area contributed by atoms with Gasteiger partial charge in [0, 0.05) is 17.8 Å². The second kappa shape index (κ2) is 6.66. The smallest absolute Gasteiger partial charge is 0.129 e. The predicted octanol–water partition coefficient (Wildman–Crippen LogP) is 3.25. The van der Waals surface area contributed by atoms with Crippen molar-refractivity contribution in [3.8, 4) is 5.69 Å². The van der Waals surface area contributed by atoms with E-state index in [9.17, 15) is 4.39 Å². The number of halogens is 1. The van der Waals surface area contributed by atoms with Gasteiger partial charge in [0.2, 0.25) is 0 Å². The Balaban J connectivity index is 2.51. The molecule has 0 aliphatic heterocycles. The number of hydrogen-bond acceptors (Lipinski definition) is 2. The van der Waals surface area contributed by atoms with Crippen LogP contribution in [0.4, 0.5) is 4.39 Å². The van der Waals surface area contributed by atoms with Crippen LogP contribution in [0.3, 0.4) is 0 Å². The lowest BCUT2D eigenvalue weighted by Gasteiger charge is -2.13. The van der Waals surface area contributed by atoms with E-state index in [1.54, 1.807) is 6.07 Å². The summed E-state index contributed by atoms with van der Waals surface area (Å²) in [4.78, 5) is 0. The van der Waals surface area contributed by atoms with Crippen molar-refractivity contribution >= 4 is 0 Å². The van der Waals surface area contributed by atoms with Gasteiger partial charge in [-0.05, 0) is 37.6 Å². The van der Waals surface area contributed by atoms with Crippen molar-refractivity contribution in [3.63, 3.8) is 0 Å². The second-order valence-electron chi connectivity index (χ2n) is 4.76. The van der Waals surface area contributed by atoms with E-state index >= 15 is 0 Å². The first-order valence-corrected chi connectivity index (χ1v) is 7.27. The molecule has 4 heteroatoms. The highest BCUT2D eigenvalue weighted by atomic mass is 19.1. The van der Waals surface area contributed by atoms with Gasteiger partial charge >= 0.3 is 0 Å². The summed E-state index contributed by atoms with van der Waals surface area (Å²) in [5, 5.41) is 7.79. The highest BCUT2D eigenvalue weighted by Gasteiger charge is 2.14. The van der Waals surface area contributed by atoms with E-state index < -0.39 is 0 Å². The predicted molar refractivity (Wildman–Crippen MR) is 79.7 cm³/mol. The van der Waals surface area contributed by atoms with Crippen molar-refractivity contribution in [1.82, 2.24) is 15.1 Å². The van der Waals surface area contributed by atoms with Gasteiger partial charge in [0.05, 0.1) is 11.4 Å². The second-order valence-corrected chi connectivity index (χ2v) is 4.76. The molecule has 0 bridgehead atoms. The Morgan fingerprint density at radius 2 is 2.00 bits per heavy atom. The first-order chi connectivity index (χ1) is 9.71. The molecule has 1 aromatic heterocycles. The summed E-state index contributed by atoms with van der Waals surface area (Å²) in [5.41, 5.74) is 3.67. The Kier molecular flexibility index (Phi) is 4.90. The summed E-state index contributed by atoms with van der Waals surface area (Å²) in [6, 6.07) is 7.28. The lowest BCUT2D eigenvalue weighted by molar-refractivity contribution is 0.587. The standard InChI is InChI=1S/C16H22FN3/c1-4-12-10-13(5-2)20(19-12)16-9-7-8-15(17)14(16)11-18-6-3/h7-10,18H,4-6,11H2,1-3H3. The lowest BCUT2D eigenvalue weighted by Crippen LogP contribution is -2.16. The number of benzene rings is 1. The minimum Gasteiger partial charge on any atom is -0.313 e. The van der Waals surface area contributed by atoms with Crippen LogP contribution >= 0.6 is 0 Å². The van der Waals surface area contributed by atoms with Crippen LogP contribution in [0.2, 0.25) is 0 Å². The molecule has 0 atom stereocenters. The molecular formula is C16H22FN3. The van der Waals surface area contributed by atoms with Crippen molar-refractivity contribution in [2.24, 2.45) is 0 Å². The van der Waals surface area contributed by atoms with E-state index in [1.807, 2.05) is 17.7 Å². The summed E-state index contributed by atoms with van der Waals surface area (Å²) in [5.74, 6) is -0.181. The normalized spacial score (nSPS) is 11.0. The molecular weight excluding hydrogens is 253 g/mol. The minimum atomic E-state index is -0.181. The lowest BCUT2D eigenvalue weighted by atomic mass is 10.1.